The van der Waals surface area contributed by atoms with Crippen molar-refractivity contribution in [2.45, 2.75) is 33.1 Å². The molecule has 15 heavy (non-hydrogen) atoms. The van der Waals surface area contributed by atoms with Crippen LogP contribution in [0.2, 0.25) is 0 Å². The lowest BCUT2D eigenvalue weighted by molar-refractivity contribution is 0.826. The third-order valence-corrected chi connectivity index (χ3v) is 3.41. The van der Waals surface area contributed by atoms with Crippen molar-refractivity contribution in [3.05, 3.63) is 34.2 Å². The fraction of sp³-hybridized carbons (Fsp3) is 0.417. The van der Waals surface area contributed by atoms with Gasteiger partial charge in [-0.15, -0.1) is 0 Å². The maximum absolute atomic E-state index is 4.70. The highest BCUT2D eigenvalue weighted by atomic mass is 79.9. The molecule has 0 atom stereocenters. The first kappa shape index (κ1) is 10.7. The maximum Gasteiger partial charge on any atom is 0.141 e. The van der Waals surface area contributed by atoms with Gasteiger partial charge in [-0.2, -0.15) is 0 Å². The first-order valence-corrected chi connectivity index (χ1v) is 6.09. The number of hydrogen-bond acceptors (Lipinski definition) is 1. The van der Waals surface area contributed by atoms with Crippen molar-refractivity contribution in [2.75, 3.05) is 0 Å². The number of hydrogen-bond donors (Lipinski definition) is 0. The van der Waals surface area contributed by atoms with Crippen LogP contribution in [-0.4, -0.2) is 9.38 Å². The number of rotatable bonds is 2. The van der Waals surface area contributed by atoms with Crippen LogP contribution in [0.1, 0.15) is 37.9 Å². The summed E-state index contributed by atoms with van der Waals surface area (Å²) in [6, 6.07) is 4.21. The molecule has 0 aliphatic rings. The Morgan fingerprint density at radius 3 is 2.80 bits per heavy atom. The molecule has 2 aromatic rings. The van der Waals surface area contributed by atoms with Crippen molar-refractivity contribution in [1.82, 2.24) is 9.38 Å². The van der Waals surface area contributed by atoms with Gasteiger partial charge in [0, 0.05) is 6.20 Å². The Balaban J connectivity index is 2.75. The highest BCUT2D eigenvalue weighted by Gasteiger charge is 2.13. The Bertz CT molecular complexity index is 486. The van der Waals surface area contributed by atoms with Crippen LogP contribution in [0.5, 0.6) is 0 Å². The number of imidazole rings is 1. The summed E-state index contributed by atoms with van der Waals surface area (Å²) in [5.41, 5.74) is 3.51. The van der Waals surface area contributed by atoms with Crippen LogP contribution < -0.4 is 0 Å². The van der Waals surface area contributed by atoms with E-state index in [9.17, 15) is 0 Å². The van der Waals surface area contributed by atoms with Crippen molar-refractivity contribution in [3.8, 4) is 0 Å². The van der Waals surface area contributed by atoms with Gasteiger partial charge in [-0.25, -0.2) is 4.98 Å². The fourth-order valence-electron chi connectivity index (χ4n) is 1.76. The van der Waals surface area contributed by atoms with Crippen LogP contribution in [-0.2, 0) is 6.42 Å². The number of aryl methyl sites for hydroxylation is 1. The van der Waals surface area contributed by atoms with Crippen molar-refractivity contribution in [2.24, 2.45) is 0 Å². The lowest BCUT2D eigenvalue weighted by Gasteiger charge is -2.00. The standard InChI is InChI=1S/C12H15BrN2/c1-4-9-6-5-7-15-11(13)10(8(2)3)14-12(9)15/h5-8H,4H2,1-3H3. The van der Waals surface area contributed by atoms with Gasteiger partial charge in [-0.3, -0.25) is 4.40 Å². The Morgan fingerprint density at radius 2 is 2.20 bits per heavy atom. The molecule has 0 saturated heterocycles. The summed E-state index contributed by atoms with van der Waals surface area (Å²) in [6.07, 6.45) is 3.07. The van der Waals surface area contributed by atoms with Gasteiger partial charge in [0.05, 0.1) is 5.69 Å². The summed E-state index contributed by atoms with van der Waals surface area (Å²) in [6.45, 7) is 6.49. The van der Waals surface area contributed by atoms with E-state index in [0.717, 1.165) is 22.4 Å². The number of halogens is 1. The molecule has 0 N–H and O–H groups in total. The molecule has 2 heterocycles. The lowest BCUT2D eigenvalue weighted by atomic mass is 10.2. The molecule has 0 aromatic carbocycles. The lowest BCUT2D eigenvalue weighted by Crippen LogP contribution is -1.89. The predicted octanol–water partition coefficient (Wildman–Crippen LogP) is 3.78. The van der Waals surface area contributed by atoms with E-state index in [0.29, 0.717) is 5.92 Å². The molecule has 2 aromatic heterocycles. The quantitative estimate of drug-likeness (QED) is 0.809. The van der Waals surface area contributed by atoms with Gasteiger partial charge < -0.3 is 0 Å². The van der Waals surface area contributed by atoms with Gasteiger partial charge in [0.2, 0.25) is 0 Å². The van der Waals surface area contributed by atoms with E-state index in [4.69, 9.17) is 4.98 Å². The molecule has 0 radical (unpaired) electrons. The summed E-state index contributed by atoms with van der Waals surface area (Å²) in [7, 11) is 0. The number of pyridine rings is 1. The highest BCUT2D eigenvalue weighted by molar-refractivity contribution is 9.10. The van der Waals surface area contributed by atoms with Crippen LogP contribution in [0.15, 0.2) is 22.9 Å². The number of aromatic nitrogens is 2. The first-order valence-electron chi connectivity index (χ1n) is 5.30. The van der Waals surface area contributed by atoms with Gasteiger partial charge in [-0.1, -0.05) is 26.8 Å². The average Bonchev–Trinajstić information content (AvgIpc) is 2.56. The Kier molecular flexibility index (Phi) is 2.83. The van der Waals surface area contributed by atoms with Gasteiger partial charge >= 0.3 is 0 Å². The van der Waals surface area contributed by atoms with Crippen LogP contribution in [0.4, 0.5) is 0 Å². The maximum atomic E-state index is 4.70. The van der Waals surface area contributed by atoms with Crippen molar-refractivity contribution in [1.29, 1.82) is 0 Å². The minimum atomic E-state index is 0.448. The van der Waals surface area contributed by atoms with Crippen LogP contribution in [0.25, 0.3) is 5.65 Å². The molecule has 0 unspecified atom stereocenters. The summed E-state index contributed by atoms with van der Waals surface area (Å²) >= 11 is 3.62. The minimum absolute atomic E-state index is 0.448. The monoisotopic (exact) mass is 266 g/mol. The predicted molar refractivity (Wildman–Crippen MR) is 66.4 cm³/mol. The molecule has 3 heteroatoms. The molecular weight excluding hydrogens is 252 g/mol. The van der Waals surface area contributed by atoms with Crippen LogP contribution in [0, 0.1) is 0 Å². The van der Waals surface area contributed by atoms with Gasteiger partial charge in [-0.05, 0) is 39.9 Å². The second kappa shape index (κ2) is 3.97. The molecule has 0 aliphatic carbocycles. The topological polar surface area (TPSA) is 17.3 Å². The molecule has 0 amide bonds. The van der Waals surface area contributed by atoms with Gasteiger partial charge in [0.1, 0.15) is 10.3 Å². The molecule has 2 nitrogen and oxygen atoms in total. The van der Waals surface area contributed by atoms with E-state index in [2.05, 4.69) is 59.4 Å². The third kappa shape index (κ3) is 1.69. The molecule has 2 rings (SSSR count). The summed E-state index contributed by atoms with van der Waals surface area (Å²) in [5.74, 6) is 0.448. The number of nitrogens with zero attached hydrogens (tertiary/aromatic N) is 2. The highest BCUT2D eigenvalue weighted by Crippen LogP contribution is 2.26. The van der Waals surface area contributed by atoms with Crippen LogP contribution >= 0.6 is 15.9 Å². The normalized spacial score (nSPS) is 11.5. The van der Waals surface area contributed by atoms with Gasteiger partial charge in [0.15, 0.2) is 0 Å². The van der Waals surface area contributed by atoms with E-state index < -0.39 is 0 Å². The van der Waals surface area contributed by atoms with Crippen molar-refractivity contribution < 1.29 is 0 Å². The van der Waals surface area contributed by atoms with E-state index >= 15 is 0 Å². The zero-order valence-corrected chi connectivity index (χ0v) is 10.9. The average molecular weight is 267 g/mol. The Hall–Kier alpha value is -0.830. The Morgan fingerprint density at radius 1 is 1.47 bits per heavy atom. The summed E-state index contributed by atoms with van der Waals surface area (Å²) in [4.78, 5) is 4.70. The summed E-state index contributed by atoms with van der Waals surface area (Å²) in [5, 5.41) is 0. The molecule has 0 bridgehead atoms. The molecular formula is C12H15BrN2. The largest absolute Gasteiger partial charge is 0.294 e. The zero-order chi connectivity index (χ0) is 11.0. The van der Waals surface area contributed by atoms with Crippen LogP contribution in [0.3, 0.4) is 0 Å². The number of fused-ring (bicyclic) bond motifs is 1. The van der Waals surface area contributed by atoms with Crippen molar-refractivity contribution in [3.63, 3.8) is 0 Å². The van der Waals surface area contributed by atoms with E-state index in [1.165, 1.54) is 5.56 Å². The van der Waals surface area contributed by atoms with E-state index in [1.807, 2.05) is 0 Å². The summed E-state index contributed by atoms with van der Waals surface area (Å²) < 4.78 is 3.21. The molecule has 0 saturated carbocycles. The second-order valence-corrected chi connectivity index (χ2v) is 4.77. The SMILES string of the molecule is CCc1cccn2c(Br)c(C(C)C)nc12. The Labute approximate surface area is 98.5 Å². The molecule has 0 spiro atoms. The second-order valence-electron chi connectivity index (χ2n) is 4.02. The molecule has 0 aliphatic heterocycles. The fourth-order valence-corrected chi connectivity index (χ4v) is 2.59. The van der Waals surface area contributed by atoms with Gasteiger partial charge in [0.25, 0.3) is 0 Å². The molecule has 80 valence electrons. The molecule has 0 fully saturated rings. The van der Waals surface area contributed by atoms with E-state index in [1.54, 1.807) is 0 Å². The van der Waals surface area contributed by atoms with Crippen molar-refractivity contribution >= 4 is 21.6 Å². The minimum Gasteiger partial charge on any atom is -0.294 e. The third-order valence-electron chi connectivity index (χ3n) is 2.62. The smallest absolute Gasteiger partial charge is 0.141 e. The zero-order valence-electron chi connectivity index (χ0n) is 9.29. The first-order chi connectivity index (χ1) is 7.15. The van der Waals surface area contributed by atoms with E-state index in [-0.39, 0.29) is 0 Å².